The van der Waals surface area contributed by atoms with Gasteiger partial charge in [-0.1, -0.05) is 0 Å². The van der Waals surface area contributed by atoms with E-state index in [9.17, 15) is 0 Å². The molecule has 0 unspecified atom stereocenters. The second kappa shape index (κ2) is 1.90. The highest BCUT2D eigenvalue weighted by Gasteiger charge is 2.09. The summed E-state index contributed by atoms with van der Waals surface area (Å²) >= 11 is 0. The summed E-state index contributed by atoms with van der Waals surface area (Å²) in [6, 6.07) is 3.91. The highest BCUT2D eigenvalue weighted by molar-refractivity contribution is 4.92. The number of rotatable bonds is 0. The molecule has 1 aromatic rings. The fraction of sp³-hybridized carbons (Fsp3) is 0.500. The van der Waals surface area contributed by atoms with Crippen LogP contribution in [0.1, 0.15) is 20.8 Å². The Morgan fingerprint density at radius 1 is 1.33 bits per heavy atom. The van der Waals surface area contributed by atoms with Crippen molar-refractivity contribution in [2.24, 2.45) is 0 Å². The van der Waals surface area contributed by atoms with Crippen molar-refractivity contribution in [2.45, 2.75) is 26.3 Å². The maximum absolute atomic E-state index is 3.09. The molecule has 0 aromatic carbocycles. The normalized spacial score (nSPS) is 11.9. The lowest BCUT2D eigenvalue weighted by Gasteiger charge is -2.19. The van der Waals surface area contributed by atoms with E-state index in [-0.39, 0.29) is 5.54 Å². The zero-order valence-corrected chi connectivity index (χ0v) is 6.18. The molecule has 1 nitrogen and oxygen atoms in total. The van der Waals surface area contributed by atoms with Gasteiger partial charge in [-0.15, -0.1) is 0 Å². The summed E-state index contributed by atoms with van der Waals surface area (Å²) in [6.07, 6.45) is 5.12. The summed E-state index contributed by atoms with van der Waals surface area (Å²) in [4.78, 5) is 0. The summed E-state index contributed by atoms with van der Waals surface area (Å²) in [5.74, 6) is 0. The molecule has 9 heavy (non-hydrogen) atoms. The molecule has 1 aromatic heterocycles. The Kier molecular flexibility index (Phi) is 1.35. The van der Waals surface area contributed by atoms with Crippen molar-refractivity contribution in [1.29, 1.82) is 0 Å². The van der Waals surface area contributed by atoms with Gasteiger partial charge in [-0.25, -0.2) is 0 Å². The molecule has 0 saturated heterocycles. The number of aromatic nitrogens is 1. The van der Waals surface area contributed by atoms with Gasteiger partial charge < -0.3 is 4.57 Å². The minimum Gasteiger partial charge on any atom is -0.341 e. The van der Waals surface area contributed by atoms with Crippen LogP contribution in [0.2, 0.25) is 0 Å². The molecule has 0 atom stereocenters. The minimum atomic E-state index is 0.184. The van der Waals surface area contributed by atoms with Gasteiger partial charge >= 0.3 is 0 Å². The smallest absolute Gasteiger partial charge is 0.0653 e. The van der Waals surface area contributed by atoms with Crippen LogP contribution in [0.25, 0.3) is 0 Å². The first kappa shape index (κ1) is 6.40. The summed E-state index contributed by atoms with van der Waals surface area (Å²) in [5, 5.41) is 0. The molecule has 1 rings (SSSR count). The Morgan fingerprint density at radius 3 is 2.22 bits per heavy atom. The van der Waals surface area contributed by atoms with Crippen LogP contribution in [-0.2, 0) is 5.54 Å². The Balaban J connectivity index is 2.90. The maximum Gasteiger partial charge on any atom is 0.0653 e. The van der Waals surface area contributed by atoms with Crippen molar-refractivity contribution in [3.05, 3.63) is 24.5 Å². The van der Waals surface area contributed by atoms with Crippen LogP contribution in [0.5, 0.6) is 0 Å². The molecule has 0 saturated carbocycles. The lowest BCUT2D eigenvalue weighted by Crippen LogP contribution is -2.19. The SMILES string of the molecule is CC(C)(C)n1[c]ccc1. The molecule has 1 heterocycles. The van der Waals surface area contributed by atoms with Gasteiger partial charge in [-0.3, -0.25) is 0 Å². The van der Waals surface area contributed by atoms with Gasteiger partial charge in [0.25, 0.3) is 0 Å². The maximum atomic E-state index is 3.09. The zero-order chi connectivity index (χ0) is 6.91. The first-order chi connectivity index (χ1) is 4.11. The highest BCUT2D eigenvalue weighted by atomic mass is 15.0. The van der Waals surface area contributed by atoms with Crippen molar-refractivity contribution in [3.63, 3.8) is 0 Å². The van der Waals surface area contributed by atoms with E-state index >= 15 is 0 Å². The van der Waals surface area contributed by atoms with E-state index in [1.54, 1.807) is 0 Å². The molecule has 1 radical (unpaired) electrons. The summed E-state index contributed by atoms with van der Waals surface area (Å²) in [5.41, 5.74) is 0.184. The van der Waals surface area contributed by atoms with Crippen LogP contribution in [0.4, 0.5) is 0 Å². The molecule has 0 aliphatic rings. The molecular formula is C8H12N. The van der Waals surface area contributed by atoms with E-state index in [1.165, 1.54) is 0 Å². The second-order valence-electron chi connectivity index (χ2n) is 3.18. The van der Waals surface area contributed by atoms with Gasteiger partial charge in [-0.2, -0.15) is 0 Å². The van der Waals surface area contributed by atoms with Crippen molar-refractivity contribution >= 4 is 0 Å². The first-order valence-electron chi connectivity index (χ1n) is 3.16. The summed E-state index contributed by atoms with van der Waals surface area (Å²) < 4.78 is 2.06. The van der Waals surface area contributed by atoms with Crippen LogP contribution < -0.4 is 0 Å². The number of hydrogen-bond donors (Lipinski definition) is 0. The molecule has 0 spiro atoms. The lowest BCUT2D eigenvalue weighted by molar-refractivity contribution is 0.396. The Labute approximate surface area is 56.3 Å². The predicted octanol–water partition coefficient (Wildman–Crippen LogP) is 2.04. The number of nitrogens with zero attached hydrogens (tertiary/aromatic N) is 1. The van der Waals surface area contributed by atoms with Gasteiger partial charge in [0.15, 0.2) is 0 Å². The lowest BCUT2D eigenvalue weighted by atomic mass is 10.1. The molecule has 0 aliphatic heterocycles. The monoisotopic (exact) mass is 122 g/mol. The van der Waals surface area contributed by atoms with Crippen molar-refractivity contribution in [2.75, 3.05) is 0 Å². The van der Waals surface area contributed by atoms with E-state index in [0.29, 0.717) is 0 Å². The zero-order valence-electron chi connectivity index (χ0n) is 6.18. The molecule has 0 N–H and O–H groups in total. The topological polar surface area (TPSA) is 4.93 Å². The number of hydrogen-bond acceptors (Lipinski definition) is 0. The van der Waals surface area contributed by atoms with E-state index in [1.807, 2.05) is 18.3 Å². The van der Waals surface area contributed by atoms with E-state index in [0.717, 1.165) is 0 Å². The average molecular weight is 122 g/mol. The molecule has 0 fully saturated rings. The fourth-order valence-corrected chi connectivity index (χ4v) is 0.713. The fourth-order valence-electron chi connectivity index (χ4n) is 0.713. The third-order valence-electron chi connectivity index (χ3n) is 1.27. The van der Waals surface area contributed by atoms with E-state index < -0.39 is 0 Å². The summed E-state index contributed by atoms with van der Waals surface area (Å²) in [6.45, 7) is 6.47. The average Bonchev–Trinajstić information content (AvgIpc) is 2.08. The van der Waals surface area contributed by atoms with Gasteiger partial charge in [-0.05, 0) is 32.9 Å². The van der Waals surface area contributed by atoms with Crippen molar-refractivity contribution in [1.82, 2.24) is 4.57 Å². The Bertz CT molecular complexity index is 167. The Morgan fingerprint density at radius 2 is 2.00 bits per heavy atom. The van der Waals surface area contributed by atoms with Crippen LogP contribution in [0.15, 0.2) is 18.3 Å². The van der Waals surface area contributed by atoms with Gasteiger partial charge in [0.2, 0.25) is 0 Å². The minimum absolute atomic E-state index is 0.184. The third kappa shape index (κ3) is 1.35. The molecular weight excluding hydrogens is 110 g/mol. The molecule has 49 valence electrons. The predicted molar refractivity (Wildman–Crippen MR) is 38.3 cm³/mol. The molecule has 1 heteroatoms. The first-order valence-corrected chi connectivity index (χ1v) is 3.16. The van der Waals surface area contributed by atoms with Crippen LogP contribution in [0, 0.1) is 6.20 Å². The van der Waals surface area contributed by atoms with Crippen molar-refractivity contribution in [3.8, 4) is 0 Å². The molecule has 0 aliphatic carbocycles. The van der Waals surface area contributed by atoms with Gasteiger partial charge in [0.05, 0.1) is 6.20 Å². The molecule has 0 bridgehead atoms. The molecule has 0 amide bonds. The largest absolute Gasteiger partial charge is 0.341 e. The van der Waals surface area contributed by atoms with Crippen LogP contribution >= 0.6 is 0 Å². The second-order valence-corrected chi connectivity index (χ2v) is 3.18. The van der Waals surface area contributed by atoms with E-state index in [4.69, 9.17) is 0 Å². The third-order valence-corrected chi connectivity index (χ3v) is 1.27. The van der Waals surface area contributed by atoms with Crippen LogP contribution in [-0.4, -0.2) is 4.57 Å². The standard InChI is InChI=1S/C8H12N/c1-8(2,3)9-6-4-5-7-9/h4-6H,1-3H3. The summed E-state index contributed by atoms with van der Waals surface area (Å²) in [7, 11) is 0. The Hall–Kier alpha value is -0.720. The highest BCUT2D eigenvalue weighted by Crippen LogP contribution is 2.11. The van der Waals surface area contributed by atoms with E-state index in [2.05, 4.69) is 31.5 Å². The van der Waals surface area contributed by atoms with Crippen molar-refractivity contribution < 1.29 is 0 Å². The van der Waals surface area contributed by atoms with Gasteiger partial charge in [0, 0.05) is 11.7 Å². The van der Waals surface area contributed by atoms with Crippen LogP contribution in [0.3, 0.4) is 0 Å². The van der Waals surface area contributed by atoms with Gasteiger partial charge in [0.1, 0.15) is 0 Å². The quantitative estimate of drug-likeness (QED) is 0.496.